The highest BCUT2D eigenvalue weighted by Crippen LogP contribution is 2.37. The van der Waals surface area contributed by atoms with Crippen molar-refractivity contribution >= 4 is 23.4 Å². The Hall–Kier alpha value is -2.80. The maximum absolute atomic E-state index is 13.1. The Morgan fingerprint density at radius 2 is 1.89 bits per heavy atom. The quantitative estimate of drug-likeness (QED) is 0.687. The number of aromatic nitrogens is 3. The van der Waals surface area contributed by atoms with Crippen molar-refractivity contribution in [1.29, 1.82) is 0 Å². The Balaban J connectivity index is 1.64. The standard InChI is InChI=1S/C21H23N5OS/c1-3-7-17-23-24-21-26(17)25-18(15-8-5-4-6-9-15)19(28-21)20(27)22-16-12-10-14(2)11-13-16/h4-6,8-13,18-19,25H,3,7H2,1-2H3,(H,22,27)/t18-,19-/m0/s1. The van der Waals surface area contributed by atoms with Crippen LogP contribution in [0.2, 0.25) is 0 Å². The lowest BCUT2D eigenvalue weighted by atomic mass is 10.0. The van der Waals surface area contributed by atoms with E-state index in [1.807, 2.05) is 66.2 Å². The molecule has 6 nitrogen and oxygen atoms in total. The van der Waals surface area contributed by atoms with Gasteiger partial charge in [0.25, 0.3) is 0 Å². The molecule has 7 heteroatoms. The second-order valence-electron chi connectivity index (χ2n) is 6.90. The maximum Gasteiger partial charge on any atom is 0.240 e. The minimum atomic E-state index is -0.366. The first-order valence-corrected chi connectivity index (χ1v) is 10.3. The van der Waals surface area contributed by atoms with E-state index in [1.54, 1.807) is 0 Å². The number of nitrogens with one attached hydrogen (secondary N) is 2. The fourth-order valence-electron chi connectivity index (χ4n) is 3.25. The van der Waals surface area contributed by atoms with Crippen molar-refractivity contribution in [3.63, 3.8) is 0 Å². The van der Waals surface area contributed by atoms with E-state index in [9.17, 15) is 4.79 Å². The molecule has 0 fully saturated rings. The molecule has 2 atom stereocenters. The van der Waals surface area contributed by atoms with Gasteiger partial charge in [0.2, 0.25) is 11.1 Å². The SMILES string of the molecule is CCCc1nnc2n1N[C@@H](c1ccccc1)[C@@H](C(=O)Nc1ccc(C)cc1)S2. The van der Waals surface area contributed by atoms with E-state index in [0.29, 0.717) is 0 Å². The molecule has 28 heavy (non-hydrogen) atoms. The van der Waals surface area contributed by atoms with E-state index < -0.39 is 0 Å². The van der Waals surface area contributed by atoms with E-state index >= 15 is 0 Å². The third-order valence-corrected chi connectivity index (χ3v) is 5.93. The predicted molar refractivity (Wildman–Crippen MR) is 112 cm³/mol. The highest BCUT2D eigenvalue weighted by Gasteiger charge is 2.37. The lowest BCUT2D eigenvalue weighted by molar-refractivity contribution is -0.116. The minimum absolute atomic E-state index is 0.0542. The molecule has 3 aromatic rings. The predicted octanol–water partition coefficient (Wildman–Crippen LogP) is 3.94. The van der Waals surface area contributed by atoms with Gasteiger partial charge in [-0.1, -0.05) is 66.7 Å². The number of thioether (sulfide) groups is 1. The molecule has 2 heterocycles. The molecule has 0 saturated heterocycles. The highest BCUT2D eigenvalue weighted by atomic mass is 32.2. The minimum Gasteiger partial charge on any atom is -0.325 e. The maximum atomic E-state index is 13.1. The zero-order valence-electron chi connectivity index (χ0n) is 15.9. The number of rotatable bonds is 5. The molecule has 0 bridgehead atoms. The number of benzene rings is 2. The molecule has 0 spiro atoms. The Labute approximate surface area is 168 Å². The molecule has 0 aliphatic carbocycles. The molecule has 0 radical (unpaired) electrons. The number of aryl methyl sites for hydroxylation is 2. The molecule has 2 aromatic carbocycles. The Kier molecular flexibility index (Phi) is 5.34. The van der Waals surface area contributed by atoms with Gasteiger partial charge < -0.3 is 10.7 Å². The fourth-order valence-corrected chi connectivity index (χ4v) is 4.34. The number of fused-ring (bicyclic) bond motifs is 1. The summed E-state index contributed by atoms with van der Waals surface area (Å²) in [5.41, 5.74) is 6.49. The lowest BCUT2D eigenvalue weighted by Crippen LogP contribution is -2.41. The van der Waals surface area contributed by atoms with Crippen molar-refractivity contribution in [3.8, 4) is 0 Å². The molecule has 1 amide bonds. The number of hydrogen-bond acceptors (Lipinski definition) is 5. The average molecular weight is 394 g/mol. The van der Waals surface area contributed by atoms with Crippen LogP contribution in [-0.2, 0) is 11.2 Å². The third-order valence-electron chi connectivity index (χ3n) is 4.71. The van der Waals surface area contributed by atoms with Crippen molar-refractivity contribution in [2.24, 2.45) is 0 Å². The Morgan fingerprint density at radius 1 is 1.14 bits per heavy atom. The first kappa shape index (κ1) is 18.6. The molecule has 1 aliphatic rings. The summed E-state index contributed by atoms with van der Waals surface area (Å²) < 4.78 is 1.93. The molecular weight excluding hydrogens is 370 g/mol. The van der Waals surface area contributed by atoms with Gasteiger partial charge in [-0.25, -0.2) is 4.68 Å². The summed E-state index contributed by atoms with van der Waals surface area (Å²) in [6.45, 7) is 4.14. The summed E-state index contributed by atoms with van der Waals surface area (Å²) in [6.07, 6.45) is 1.82. The van der Waals surface area contributed by atoms with Crippen LogP contribution < -0.4 is 10.7 Å². The summed E-state index contributed by atoms with van der Waals surface area (Å²) >= 11 is 1.45. The van der Waals surface area contributed by atoms with Gasteiger partial charge in [-0.05, 0) is 31.0 Å². The monoisotopic (exact) mass is 393 g/mol. The van der Waals surface area contributed by atoms with E-state index in [2.05, 4.69) is 27.9 Å². The van der Waals surface area contributed by atoms with E-state index in [4.69, 9.17) is 0 Å². The summed E-state index contributed by atoms with van der Waals surface area (Å²) in [6, 6.07) is 17.7. The second kappa shape index (κ2) is 8.06. The average Bonchev–Trinajstić information content (AvgIpc) is 3.12. The van der Waals surface area contributed by atoms with Crippen LogP contribution in [-0.4, -0.2) is 26.0 Å². The van der Waals surface area contributed by atoms with Crippen molar-refractivity contribution < 1.29 is 4.79 Å². The van der Waals surface area contributed by atoms with Gasteiger partial charge in [0.15, 0.2) is 5.82 Å². The third kappa shape index (κ3) is 3.75. The molecule has 2 N–H and O–H groups in total. The summed E-state index contributed by atoms with van der Waals surface area (Å²) in [5, 5.41) is 12.0. The summed E-state index contributed by atoms with van der Waals surface area (Å²) in [5.74, 6) is 0.838. The van der Waals surface area contributed by atoms with Gasteiger partial charge in [0.05, 0.1) is 6.04 Å². The topological polar surface area (TPSA) is 71.8 Å². The molecule has 4 rings (SSSR count). The molecule has 144 valence electrons. The number of carbonyl (C=O) groups excluding carboxylic acids is 1. The number of amides is 1. The van der Waals surface area contributed by atoms with Crippen molar-refractivity contribution in [2.45, 2.75) is 43.1 Å². The van der Waals surface area contributed by atoms with Crippen LogP contribution in [0.3, 0.4) is 0 Å². The van der Waals surface area contributed by atoms with Gasteiger partial charge in [0.1, 0.15) is 5.25 Å². The van der Waals surface area contributed by atoms with Gasteiger partial charge in [-0.3, -0.25) is 4.79 Å². The largest absolute Gasteiger partial charge is 0.325 e. The van der Waals surface area contributed by atoms with Gasteiger partial charge in [-0.15, -0.1) is 10.2 Å². The van der Waals surface area contributed by atoms with E-state index in [-0.39, 0.29) is 17.2 Å². The molecule has 0 saturated carbocycles. The van der Waals surface area contributed by atoms with Gasteiger partial charge in [-0.2, -0.15) is 0 Å². The first-order valence-electron chi connectivity index (χ1n) is 9.45. The van der Waals surface area contributed by atoms with Crippen LogP contribution >= 0.6 is 11.8 Å². The normalized spacial score (nSPS) is 18.2. The summed E-state index contributed by atoms with van der Waals surface area (Å²) in [7, 11) is 0. The van der Waals surface area contributed by atoms with Crippen molar-refractivity contribution in [1.82, 2.24) is 14.9 Å². The highest BCUT2D eigenvalue weighted by molar-refractivity contribution is 8.00. The second-order valence-corrected chi connectivity index (χ2v) is 8.00. The molecule has 1 aliphatic heterocycles. The smallest absolute Gasteiger partial charge is 0.240 e. The van der Waals surface area contributed by atoms with Crippen LogP contribution in [0, 0.1) is 6.92 Å². The molecule has 1 aromatic heterocycles. The van der Waals surface area contributed by atoms with Crippen LogP contribution in [0.5, 0.6) is 0 Å². The van der Waals surface area contributed by atoms with Crippen LogP contribution in [0.4, 0.5) is 5.69 Å². The van der Waals surface area contributed by atoms with E-state index in [1.165, 1.54) is 11.8 Å². The van der Waals surface area contributed by atoms with Crippen LogP contribution in [0.25, 0.3) is 0 Å². The van der Waals surface area contributed by atoms with Gasteiger partial charge >= 0.3 is 0 Å². The zero-order valence-corrected chi connectivity index (χ0v) is 16.7. The molecule has 0 unspecified atom stereocenters. The first-order chi connectivity index (χ1) is 13.7. The number of carbonyl (C=O) groups is 1. The Bertz CT molecular complexity index is 955. The Morgan fingerprint density at radius 3 is 2.61 bits per heavy atom. The lowest BCUT2D eigenvalue weighted by Gasteiger charge is -2.33. The van der Waals surface area contributed by atoms with Gasteiger partial charge in [0, 0.05) is 12.1 Å². The van der Waals surface area contributed by atoms with Crippen molar-refractivity contribution in [2.75, 3.05) is 10.7 Å². The van der Waals surface area contributed by atoms with E-state index in [0.717, 1.165) is 40.6 Å². The number of nitrogens with zero attached hydrogens (tertiary/aromatic N) is 3. The zero-order chi connectivity index (χ0) is 19.5. The van der Waals surface area contributed by atoms with Crippen LogP contribution in [0.1, 0.15) is 36.3 Å². The fraction of sp³-hybridized carbons (Fsp3) is 0.286. The van der Waals surface area contributed by atoms with Crippen molar-refractivity contribution in [3.05, 3.63) is 71.5 Å². The molecular formula is C21H23N5OS. The summed E-state index contributed by atoms with van der Waals surface area (Å²) in [4.78, 5) is 13.1. The number of anilines is 1. The van der Waals surface area contributed by atoms with Crippen LogP contribution in [0.15, 0.2) is 59.8 Å². The number of hydrogen-bond donors (Lipinski definition) is 2.